The van der Waals surface area contributed by atoms with E-state index in [1.165, 1.54) is 0 Å². The van der Waals surface area contributed by atoms with E-state index < -0.39 is 0 Å². The number of pyridine rings is 1. The molecule has 1 aliphatic carbocycles. The lowest BCUT2D eigenvalue weighted by Gasteiger charge is -2.29. The van der Waals surface area contributed by atoms with Crippen LogP contribution in [-0.4, -0.2) is 69.2 Å². The quantitative estimate of drug-likeness (QED) is 0.706. The van der Waals surface area contributed by atoms with E-state index in [2.05, 4.69) is 18.8 Å². The monoisotopic (exact) mass is 481 g/mol. The fourth-order valence-corrected chi connectivity index (χ4v) is 5.32. The van der Waals surface area contributed by atoms with Crippen LogP contribution in [0, 0.1) is 5.92 Å². The molecule has 188 valence electrons. The number of carbonyl (C=O) groups excluding carboxylic acids is 2. The van der Waals surface area contributed by atoms with Crippen LogP contribution < -0.4 is 5.56 Å². The number of aromatic amines is 1. The maximum absolute atomic E-state index is 13.5. The second-order valence-corrected chi connectivity index (χ2v) is 10.3. The molecule has 0 radical (unpaired) electrons. The van der Waals surface area contributed by atoms with Crippen LogP contribution in [0.2, 0.25) is 0 Å². The highest BCUT2D eigenvalue weighted by Crippen LogP contribution is 2.26. The number of nitrogens with zero attached hydrogens (tertiary/aromatic N) is 4. The molecule has 2 aromatic rings. The summed E-state index contributed by atoms with van der Waals surface area (Å²) in [5.41, 5.74) is 4.19. The molecule has 2 aliphatic heterocycles. The normalized spacial score (nSPS) is 17.9. The molecule has 5 rings (SSSR count). The van der Waals surface area contributed by atoms with Crippen LogP contribution in [-0.2, 0) is 37.1 Å². The first-order valence-electron chi connectivity index (χ1n) is 12.9. The van der Waals surface area contributed by atoms with Crippen LogP contribution in [0.25, 0.3) is 0 Å². The zero-order chi connectivity index (χ0) is 24.5. The molecule has 35 heavy (non-hydrogen) atoms. The van der Waals surface area contributed by atoms with Crippen molar-refractivity contribution in [2.45, 2.75) is 65.5 Å². The molecule has 0 aromatic carbocycles. The summed E-state index contributed by atoms with van der Waals surface area (Å²) in [6.45, 7) is 8.01. The Kier molecular flexibility index (Phi) is 6.77. The largest absolute Gasteiger partial charge is 0.378 e. The summed E-state index contributed by atoms with van der Waals surface area (Å²) in [4.78, 5) is 46.1. The second kappa shape index (κ2) is 9.97. The SMILES string of the molecule is CC(C)CCn1nc(C(=O)N2CCOCC2)c2c1CCN(C(=O)c1cc3c([nH]c1=O)CCCC3)C2. The van der Waals surface area contributed by atoms with Gasteiger partial charge in [0.25, 0.3) is 17.4 Å². The van der Waals surface area contributed by atoms with Crippen molar-refractivity contribution in [3.05, 3.63) is 50.2 Å². The summed E-state index contributed by atoms with van der Waals surface area (Å²) in [7, 11) is 0. The number of H-pyrrole nitrogens is 1. The smallest absolute Gasteiger partial charge is 0.274 e. The van der Waals surface area contributed by atoms with Crippen molar-refractivity contribution in [3.8, 4) is 0 Å². The first-order valence-corrected chi connectivity index (χ1v) is 12.9. The van der Waals surface area contributed by atoms with Gasteiger partial charge in [0, 0.05) is 49.6 Å². The predicted octanol–water partition coefficient (Wildman–Crippen LogP) is 2.17. The van der Waals surface area contributed by atoms with Crippen molar-refractivity contribution in [3.63, 3.8) is 0 Å². The van der Waals surface area contributed by atoms with Gasteiger partial charge >= 0.3 is 0 Å². The van der Waals surface area contributed by atoms with Gasteiger partial charge in [0.15, 0.2) is 5.69 Å². The van der Waals surface area contributed by atoms with Crippen molar-refractivity contribution < 1.29 is 14.3 Å². The number of rotatable bonds is 5. The minimum absolute atomic E-state index is 0.103. The maximum atomic E-state index is 13.5. The van der Waals surface area contributed by atoms with Gasteiger partial charge in [0.1, 0.15) is 5.56 Å². The van der Waals surface area contributed by atoms with Crippen molar-refractivity contribution >= 4 is 11.8 Å². The van der Waals surface area contributed by atoms with E-state index in [-0.39, 0.29) is 29.5 Å². The molecule has 0 bridgehead atoms. The Bertz CT molecular complexity index is 1180. The molecule has 9 heteroatoms. The summed E-state index contributed by atoms with van der Waals surface area (Å²) in [6.07, 6.45) is 5.46. The molecule has 0 saturated carbocycles. The Morgan fingerprint density at radius 3 is 2.60 bits per heavy atom. The van der Waals surface area contributed by atoms with Crippen LogP contribution in [0.4, 0.5) is 0 Å². The Hall–Kier alpha value is -2.94. The van der Waals surface area contributed by atoms with E-state index >= 15 is 0 Å². The number of nitrogens with one attached hydrogen (secondary N) is 1. The summed E-state index contributed by atoms with van der Waals surface area (Å²) < 4.78 is 7.38. The fourth-order valence-electron chi connectivity index (χ4n) is 5.32. The van der Waals surface area contributed by atoms with E-state index in [4.69, 9.17) is 9.84 Å². The average Bonchev–Trinajstić information content (AvgIpc) is 3.24. The zero-order valence-electron chi connectivity index (χ0n) is 20.8. The molecule has 2 aromatic heterocycles. The van der Waals surface area contributed by atoms with Gasteiger partial charge in [-0.3, -0.25) is 19.1 Å². The summed E-state index contributed by atoms with van der Waals surface area (Å²) in [5.74, 6) is 0.143. The fraction of sp³-hybridized carbons (Fsp3) is 0.615. The number of morpholine rings is 1. The number of carbonyl (C=O) groups is 2. The van der Waals surface area contributed by atoms with Crippen LogP contribution >= 0.6 is 0 Å². The molecule has 1 saturated heterocycles. The Morgan fingerprint density at radius 2 is 1.83 bits per heavy atom. The molecule has 0 atom stereocenters. The Morgan fingerprint density at radius 1 is 1.06 bits per heavy atom. The van der Waals surface area contributed by atoms with Crippen LogP contribution in [0.5, 0.6) is 0 Å². The molecule has 3 aliphatic rings. The minimum atomic E-state index is -0.321. The molecule has 1 fully saturated rings. The lowest BCUT2D eigenvalue weighted by atomic mass is 9.94. The third-order valence-corrected chi connectivity index (χ3v) is 7.41. The lowest BCUT2D eigenvalue weighted by molar-refractivity contribution is 0.0296. The van der Waals surface area contributed by atoms with Crippen molar-refractivity contribution in [2.75, 3.05) is 32.8 Å². The number of aryl methyl sites for hydroxylation is 3. The molecule has 4 heterocycles. The predicted molar refractivity (Wildman–Crippen MR) is 131 cm³/mol. The van der Waals surface area contributed by atoms with Gasteiger partial charge in [0.05, 0.1) is 19.8 Å². The number of ether oxygens (including phenoxy) is 1. The van der Waals surface area contributed by atoms with Gasteiger partial charge in [-0.05, 0) is 49.7 Å². The first kappa shape index (κ1) is 23.8. The van der Waals surface area contributed by atoms with Crippen molar-refractivity contribution in [2.24, 2.45) is 5.92 Å². The summed E-state index contributed by atoms with van der Waals surface area (Å²) in [6, 6.07) is 1.79. The third kappa shape index (κ3) is 4.78. The number of fused-ring (bicyclic) bond motifs is 2. The first-order chi connectivity index (χ1) is 16.9. The highest BCUT2D eigenvalue weighted by atomic mass is 16.5. The lowest BCUT2D eigenvalue weighted by Crippen LogP contribution is -2.42. The van der Waals surface area contributed by atoms with Crippen molar-refractivity contribution in [1.82, 2.24) is 24.6 Å². The molecular weight excluding hydrogens is 446 g/mol. The molecular formula is C26H35N5O4. The molecule has 1 N–H and O–H groups in total. The minimum Gasteiger partial charge on any atom is -0.378 e. The molecule has 0 unspecified atom stereocenters. The second-order valence-electron chi connectivity index (χ2n) is 10.3. The van der Waals surface area contributed by atoms with Crippen LogP contribution in [0.15, 0.2) is 10.9 Å². The van der Waals surface area contributed by atoms with E-state index in [0.29, 0.717) is 50.9 Å². The molecule has 9 nitrogen and oxygen atoms in total. The standard InChI is InChI=1S/C26H35N5O4/c1-17(2)7-10-31-22-8-9-30(16-20(22)23(28-31)26(34)29-11-13-35-14-12-29)25(33)19-15-18-5-3-4-6-21(18)27-24(19)32/h15,17H,3-14,16H2,1-2H3,(H,27,32). The van der Waals surface area contributed by atoms with E-state index in [1.54, 1.807) is 15.9 Å². The molecule has 2 amide bonds. The summed E-state index contributed by atoms with van der Waals surface area (Å²) in [5, 5.41) is 4.76. The highest BCUT2D eigenvalue weighted by Gasteiger charge is 2.33. The average molecular weight is 482 g/mol. The van der Waals surface area contributed by atoms with Gasteiger partial charge in [-0.15, -0.1) is 0 Å². The maximum Gasteiger partial charge on any atom is 0.274 e. The van der Waals surface area contributed by atoms with Crippen LogP contribution in [0.1, 0.15) is 76.5 Å². The van der Waals surface area contributed by atoms with E-state index in [0.717, 1.165) is 61.2 Å². The van der Waals surface area contributed by atoms with Gasteiger partial charge in [0.2, 0.25) is 0 Å². The topological polar surface area (TPSA) is 101 Å². The number of hydrogen-bond acceptors (Lipinski definition) is 5. The summed E-state index contributed by atoms with van der Waals surface area (Å²) >= 11 is 0. The number of aromatic nitrogens is 3. The van der Waals surface area contributed by atoms with Gasteiger partial charge < -0.3 is 19.5 Å². The highest BCUT2D eigenvalue weighted by molar-refractivity contribution is 5.96. The zero-order valence-corrected chi connectivity index (χ0v) is 20.8. The molecule has 0 spiro atoms. The van der Waals surface area contributed by atoms with Gasteiger partial charge in [-0.25, -0.2) is 0 Å². The number of amides is 2. The van der Waals surface area contributed by atoms with E-state index in [1.807, 2.05) is 4.68 Å². The van der Waals surface area contributed by atoms with Crippen LogP contribution in [0.3, 0.4) is 0 Å². The van der Waals surface area contributed by atoms with E-state index in [9.17, 15) is 14.4 Å². The van der Waals surface area contributed by atoms with Gasteiger partial charge in [-0.2, -0.15) is 5.10 Å². The van der Waals surface area contributed by atoms with Gasteiger partial charge in [-0.1, -0.05) is 13.8 Å². The third-order valence-electron chi connectivity index (χ3n) is 7.41. The Balaban J connectivity index is 1.44. The van der Waals surface area contributed by atoms with Crippen molar-refractivity contribution in [1.29, 1.82) is 0 Å². The number of hydrogen-bond donors (Lipinski definition) is 1. The Labute approximate surface area is 205 Å².